The summed E-state index contributed by atoms with van der Waals surface area (Å²) in [5.41, 5.74) is 1.29. The van der Waals surface area contributed by atoms with E-state index in [0.717, 1.165) is 27.3 Å². The number of thiazole rings is 1. The Hall–Kier alpha value is -2.32. The van der Waals surface area contributed by atoms with Crippen LogP contribution in [0.2, 0.25) is 0 Å². The Bertz CT molecular complexity index is 1150. The molecule has 0 aliphatic heterocycles. The number of carbonyl (C=O) groups excluding carboxylic acids is 1. The summed E-state index contributed by atoms with van der Waals surface area (Å²) in [4.78, 5) is 16.5. The minimum atomic E-state index is -0.767. The molecule has 1 N–H and O–H groups in total. The zero-order valence-corrected chi connectivity index (χ0v) is 15.1. The number of aromatic nitrogens is 1. The molecule has 0 fully saturated rings. The van der Waals surface area contributed by atoms with Crippen LogP contribution in [-0.2, 0) is 0 Å². The molecule has 2 aromatic heterocycles. The van der Waals surface area contributed by atoms with Gasteiger partial charge in [-0.15, -0.1) is 0 Å². The number of rotatable bonds is 2. The minimum Gasteiger partial charge on any atom is -0.451 e. The van der Waals surface area contributed by atoms with Gasteiger partial charge in [-0.25, -0.2) is 13.8 Å². The molecule has 4 nitrogen and oxygen atoms in total. The van der Waals surface area contributed by atoms with Crippen LogP contribution in [0.5, 0.6) is 0 Å². The molecule has 0 aliphatic rings. The Morgan fingerprint density at radius 3 is 2.88 bits per heavy atom. The van der Waals surface area contributed by atoms with Crippen molar-refractivity contribution in [3.05, 3.63) is 57.8 Å². The van der Waals surface area contributed by atoms with Crippen molar-refractivity contribution in [3.63, 3.8) is 0 Å². The van der Waals surface area contributed by atoms with Crippen molar-refractivity contribution in [1.29, 1.82) is 0 Å². The lowest BCUT2D eigenvalue weighted by atomic mass is 10.1. The first-order valence-electron chi connectivity index (χ1n) is 7.18. The van der Waals surface area contributed by atoms with E-state index in [4.69, 9.17) is 4.42 Å². The molecule has 0 saturated heterocycles. The predicted octanol–water partition coefficient (Wildman–Crippen LogP) is 5.64. The van der Waals surface area contributed by atoms with Crippen molar-refractivity contribution in [2.24, 2.45) is 0 Å². The number of benzene rings is 2. The highest BCUT2D eigenvalue weighted by molar-refractivity contribution is 9.10. The second-order valence-corrected chi connectivity index (χ2v) is 7.35. The average molecular weight is 423 g/mol. The first-order chi connectivity index (χ1) is 11.9. The van der Waals surface area contributed by atoms with Gasteiger partial charge in [-0.1, -0.05) is 27.3 Å². The van der Waals surface area contributed by atoms with Crippen molar-refractivity contribution < 1.29 is 18.0 Å². The van der Waals surface area contributed by atoms with Crippen LogP contribution in [0.1, 0.15) is 16.1 Å². The third-order valence-corrected chi connectivity index (χ3v) is 5.15. The molecular formula is C17H9BrF2N2O2S. The molecule has 126 valence electrons. The number of hydrogen-bond acceptors (Lipinski definition) is 4. The van der Waals surface area contributed by atoms with E-state index in [1.54, 1.807) is 13.0 Å². The van der Waals surface area contributed by atoms with Gasteiger partial charge in [0, 0.05) is 21.5 Å². The number of nitrogens with zero attached hydrogens (tertiary/aromatic N) is 1. The molecule has 0 radical (unpaired) electrons. The number of amides is 1. The number of fused-ring (bicyclic) bond motifs is 2. The Balaban J connectivity index is 1.70. The van der Waals surface area contributed by atoms with Gasteiger partial charge in [-0.2, -0.15) is 0 Å². The van der Waals surface area contributed by atoms with Crippen LogP contribution in [0.3, 0.4) is 0 Å². The van der Waals surface area contributed by atoms with Gasteiger partial charge in [-0.3, -0.25) is 10.1 Å². The molecule has 2 aromatic carbocycles. The second kappa shape index (κ2) is 5.89. The predicted molar refractivity (Wildman–Crippen MR) is 96.1 cm³/mol. The van der Waals surface area contributed by atoms with E-state index in [1.807, 2.05) is 12.1 Å². The molecule has 4 aromatic rings. The van der Waals surface area contributed by atoms with Crippen LogP contribution in [0.15, 0.2) is 39.2 Å². The molecule has 4 rings (SSSR count). The Morgan fingerprint density at radius 2 is 2.08 bits per heavy atom. The fourth-order valence-corrected chi connectivity index (χ4v) is 3.84. The zero-order valence-electron chi connectivity index (χ0n) is 12.7. The number of hydrogen-bond donors (Lipinski definition) is 1. The van der Waals surface area contributed by atoms with E-state index in [9.17, 15) is 13.6 Å². The highest BCUT2D eigenvalue weighted by Gasteiger charge is 2.20. The Labute approximate surface area is 152 Å². The molecule has 2 heterocycles. The lowest BCUT2D eigenvalue weighted by molar-refractivity contribution is 0.0998. The summed E-state index contributed by atoms with van der Waals surface area (Å²) >= 11 is 4.37. The molecule has 0 spiro atoms. The summed E-state index contributed by atoms with van der Waals surface area (Å²) in [5.74, 6) is -1.80. The largest absolute Gasteiger partial charge is 0.451 e. The van der Waals surface area contributed by atoms with Crippen LogP contribution in [0.4, 0.5) is 13.9 Å². The molecule has 0 saturated carbocycles. The SMILES string of the molecule is Cc1c(C(=O)Nc2nc3c(F)cc(F)cc3s2)oc2ccc(Br)cc12. The third kappa shape index (κ3) is 2.81. The summed E-state index contributed by atoms with van der Waals surface area (Å²) in [6, 6.07) is 7.38. The maximum absolute atomic E-state index is 13.7. The topological polar surface area (TPSA) is 55.1 Å². The molecule has 25 heavy (non-hydrogen) atoms. The van der Waals surface area contributed by atoms with Crippen molar-refractivity contribution in [2.45, 2.75) is 6.92 Å². The molecule has 0 aliphatic carbocycles. The monoisotopic (exact) mass is 422 g/mol. The van der Waals surface area contributed by atoms with E-state index < -0.39 is 17.5 Å². The second-order valence-electron chi connectivity index (χ2n) is 5.40. The minimum absolute atomic E-state index is 0.0203. The van der Waals surface area contributed by atoms with E-state index in [2.05, 4.69) is 26.2 Å². The molecule has 8 heteroatoms. The van der Waals surface area contributed by atoms with Gasteiger partial charge in [0.05, 0.1) is 4.70 Å². The number of nitrogens with one attached hydrogen (secondary N) is 1. The van der Waals surface area contributed by atoms with E-state index in [0.29, 0.717) is 15.8 Å². The number of halogens is 3. The lowest BCUT2D eigenvalue weighted by Crippen LogP contribution is -2.11. The summed E-state index contributed by atoms with van der Waals surface area (Å²) < 4.78 is 33.8. The van der Waals surface area contributed by atoms with Gasteiger partial charge in [0.1, 0.15) is 16.9 Å². The zero-order chi connectivity index (χ0) is 17.7. The number of aryl methyl sites for hydroxylation is 1. The highest BCUT2D eigenvalue weighted by atomic mass is 79.9. The Morgan fingerprint density at radius 1 is 1.28 bits per heavy atom. The van der Waals surface area contributed by atoms with Gasteiger partial charge < -0.3 is 4.42 Å². The normalized spacial score (nSPS) is 11.4. The molecule has 0 unspecified atom stereocenters. The van der Waals surface area contributed by atoms with Crippen molar-refractivity contribution in [1.82, 2.24) is 4.98 Å². The number of furan rings is 1. The summed E-state index contributed by atoms with van der Waals surface area (Å²) in [7, 11) is 0. The third-order valence-electron chi connectivity index (χ3n) is 3.74. The van der Waals surface area contributed by atoms with Crippen molar-refractivity contribution in [3.8, 4) is 0 Å². The standard InChI is InChI=1S/C17H9BrF2N2O2S/c1-7-10-4-8(18)2-3-12(10)24-15(7)16(23)22-17-21-14-11(20)5-9(19)6-13(14)25-17/h2-6H,1H3,(H,21,22,23). The number of carbonyl (C=O) groups is 1. The number of anilines is 1. The Kier molecular flexibility index (Phi) is 3.81. The van der Waals surface area contributed by atoms with E-state index in [-0.39, 0.29) is 16.4 Å². The first kappa shape index (κ1) is 16.2. The van der Waals surface area contributed by atoms with Gasteiger partial charge in [-0.05, 0) is 31.2 Å². The fourth-order valence-electron chi connectivity index (χ4n) is 2.57. The summed E-state index contributed by atoms with van der Waals surface area (Å²) in [5, 5.41) is 3.57. The molecule has 0 atom stereocenters. The quantitative estimate of drug-likeness (QED) is 0.454. The van der Waals surface area contributed by atoms with Crippen LogP contribution < -0.4 is 5.32 Å². The maximum atomic E-state index is 13.7. The van der Waals surface area contributed by atoms with E-state index in [1.165, 1.54) is 6.07 Å². The summed E-state index contributed by atoms with van der Waals surface area (Å²) in [6.07, 6.45) is 0. The summed E-state index contributed by atoms with van der Waals surface area (Å²) in [6.45, 7) is 1.78. The average Bonchev–Trinajstić information content (AvgIpc) is 3.09. The van der Waals surface area contributed by atoms with Crippen molar-refractivity contribution >= 4 is 59.5 Å². The van der Waals surface area contributed by atoms with Gasteiger partial charge >= 0.3 is 0 Å². The van der Waals surface area contributed by atoms with Crippen LogP contribution in [0, 0.1) is 18.6 Å². The molecule has 1 amide bonds. The van der Waals surface area contributed by atoms with Crippen molar-refractivity contribution in [2.75, 3.05) is 5.32 Å². The van der Waals surface area contributed by atoms with Gasteiger partial charge in [0.2, 0.25) is 0 Å². The molecular weight excluding hydrogens is 414 g/mol. The van der Waals surface area contributed by atoms with Crippen LogP contribution in [-0.4, -0.2) is 10.9 Å². The maximum Gasteiger partial charge on any atom is 0.293 e. The fraction of sp³-hybridized carbons (Fsp3) is 0.0588. The van der Waals surface area contributed by atoms with Crippen LogP contribution >= 0.6 is 27.3 Å². The van der Waals surface area contributed by atoms with E-state index >= 15 is 0 Å². The van der Waals surface area contributed by atoms with Crippen LogP contribution in [0.25, 0.3) is 21.2 Å². The smallest absolute Gasteiger partial charge is 0.293 e. The lowest BCUT2D eigenvalue weighted by Gasteiger charge is -1.98. The first-order valence-corrected chi connectivity index (χ1v) is 8.79. The molecule has 0 bridgehead atoms. The van der Waals surface area contributed by atoms with Gasteiger partial charge in [0.15, 0.2) is 16.7 Å². The van der Waals surface area contributed by atoms with Gasteiger partial charge in [0.25, 0.3) is 5.91 Å². The highest BCUT2D eigenvalue weighted by Crippen LogP contribution is 2.31.